The van der Waals surface area contributed by atoms with Crippen molar-refractivity contribution in [1.82, 2.24) is 9.66 Å². The Balaban J connectivity index is 1.45. The average Bonchev–Trinajstić information content (AvgIpc) is 3.40. The minimum Gasteiger partial charge on any atom is -0.493 e. The number of halogens is 2. The van der Waals surface area contributed by atoms with E-state index in [1.54, 1.807) is 31.5 Å². The van der Waals surface area contributed by atoms with Crippen molar-refractivity contribution in [1.29, 1.82) is 0 Å². The zero-order chi connectivity index (χ0) is 27.6. The van der Waals surface area contributed by atoms with Crippen molar-refractivity contribution in [3.63, 3.8) is 0 Å². The van der Waals surface area contributed by atoms with Crippen LogP contribution >= 0.6 is 31.9 Å². The SMILES string of the molecule is COc1cccc(C=Nn2c(-c3cc4ccccc4o3)nc3ccccc3c2=O)c1OCc1ccc(Br)cc1Br. The monoisotopic (exact) mass is 657 g/mol. The van der Waals surface area contributed by atoms with Gasteiger partial charge in [-0.1, -0.05) is 74.3 Å². The van der Waals surface area contributed by atoms with E-state index in [1.807, 2.05) is 72.8 Å². The van der Waals surface area contributed by atoms with Crippen LogP contribution in [0.5, 0.6) is 11.5 Å². The van der Waals surface area contributed by atoms with Gasteiger partial charge in [0.25, 0.3) is 5.56 Å². The van der Waals surface area contributed by atoms with Gasteiger partial charge in [0.05, 0.1) is 24.2 Å². The summed E-state index contributed by atoms with van der Waals surface area (Å²) in [5.74, 6) is 1.76. The van der Waals surface area contributed by atoms with Gasteiger partial charge in [-0.15, -0.1) is 0 Å². The number of nitrogens with zero attached hydrogens (tertiary/aromatic N) is 3. The van der Waals surface area contributed by atoms with Crippen molar-refractivity contribution in [2.24, 2.45) is 5.10 Å². The van der Waals surface area contributed by atoms with Crippen LogP contribution in [0.1, 0.15) is 11.1 Å². The van der Waals surface area contributed by atoms with Gasteiger partial charge in [-0.3, -0.25) is 4.79 Å². The summed E-state index contributed by atoms with van der Waals surface area (Å²) in [6, 6.07) is 28.0. The molecule has 2 heterocycles. The largest absolute Gasteiger partial charge is 0.493 e. The number of ether oxygens (including phenoxy) is 2. The molecule has 40 heavy (non-hydrogen) atoms. The summed E-state index contributed by atoms with van der Waals surface area (Å²) in [5, 5.41) is 5.95. The maximum absolute atomic E-state index is 13.6. The van der Waals surface area contributed by atoms with Crippen molar-refractivity contribution in [2.75, 3.05) is 7.11 Å². The molecule has 0 aliphatic rings. The molecule has 9 heteroatoms. The summed E-state index contributed by atoms with van der Waals surface area (Å²) >= 11 is 7.06. The Morgan fingerprint density at radius 3 is 2.62 bits per heavy atom. The number of furan rings is 1. The van der Waals surface area contributed by atoms with Crippen LogP contribution in [-0.4, -0.2) is 23.0 Å². The minimum atomic E-state index is -0.318. The molecule has 0 aliphatic heterocycles. The molecule has 6 rings (SSSR count). The summed E-state index contributed by atoms with van der Waals surface area (Å²) in [6.45, 7) is 0.288. The Hall–Kier alpha value is -4.21. The van der Waals surface area contributed by atoms with Crippen LogP contribution in [0.25, 0.3) is 33.5 Å². The van der Waals surface area contributed by atoms with Crippen molar-refractivity contribution in [3.05, 3.63) is 121 Å². The number of methoxy groups -OCH3 is 1. The minimum absolute atomic E-state index is 0.288. The van der Waals surface area contributed by atoms with Gasteiger partial charge in [-0.2, -0.15) is 9.78 Å². The van der Waals surface area contributed by atoms with E-state index in [9.17, 15) is 4.79 Å². The number of hydrogen-bond donors (Lipinski definition) is 0. The fourth-order valence-corrected chi connectivity index (χ4v) is 5.50. The molecule has 0 saturated heterocycles. The Labute approximate surface area is 245 Å². The Morgan fingerprint density at radius 1 is 0.975 bits per heavy atom. The average molecular weight is 659 g/mol. The molecule has 0 spiro atoms. The van der Waals surface area contributed by atoms with E-state index in [0.717, 1.165) is 19.9 Å². The van der Waals surface area contributed by atoms with Crippen LogP contribution in [0, 0.1) is 0 Å². The molecule has 0 saturated carbocycles. The Kier molecular flexibility index (Phi) is 7.23. The molecule has 2 aromatic heterocycles. The maximum Gasteiger partial charge on any atom is 0.282 e. The lowest BCUT2D eigenvalue weighted by atomic mass is 10.2. The molecule has 0 unspecified atom stereocenters. The quantitative estimate of drug-likeness (QED) is 0.164. The smallest absolute Gasteiger partial charge is 0.282 e. The first-order chi connectivity index (χ1) is 19.5. The molecule has 198 valence electrons. The second-order valence-corrected chi connectivity index (χ2v) is 10.6. The third-order valence-electron chi connectivity index (χ3n) is 6.33. The zero-order valence-corrected chi connectivity index (χ0v) is 24.3. The van der Waals surface area contributed by atoms with E-state index < -0.39 is 0 Å². The zero-order valence-electron chi connectivity index (χ0n) is 21.2. The predicted octanol–water partition coefficient (Wildman–Crippen LogP) is 7.80. The molecule has 6 aromatic rings. The highest BCUT2D eigenvalue weighted by Gasteiger charge is 2.17. The molecular weight excluding hydrogens is 638 g/mol. The van der Waals surface area contributed by atoms with E-state index in [4.69, 9.17) is 18.9 Å². The summed E-state index contributed by atoms with van der Waals surface area (Å²) in [4.78, 5) is 18.4. The Bertz CT molecular complexity index is 1930. The summed E-state index contributed by atoms with van der Waals surface area (Å²) in [6.07, 6.45) is 1.57. The molecular formula is C31H21Br2N3O4. The van der Waals surface area contributed by atoms with Gasteiger partial charge >= 0.3 is 0 Å². The van der Waals surface area contributed by atoms with Crippen LogP contribution < -0.4 is 15.0 Å². The molecule has 0 fully saturated rings. The topological polar surface area (TPSA) is 78.9 Å². The van der Waals surface area contributed by atoms with Gasteiger partial charge in [0.15, 0.2) is 17.3 Å². The van der Waals surface area contributed by atoms with Gasteiger partial charge in [-0.05, 0) is 48.5 Å². The molecule has 0 aliphatic carbocycles. The predicted molar refractivity (Wildman–Crippen MR) is 163 cm³/mol. The number of rotatable bonds is 7. The number of para-hydroxylation sites is 3. The van der Waals surface area contributed by atoms with Crippen molar-refractivity contribution in [2.45, 2.75) is 6.61 Å². The number of hydrogen-bond acceptors (Lipinski definition) is 6. The van der Waals surface area contributed by atoms with E-state index in [0.29, 0.717) is 45.1 Å². The first-order valence-corrected chi connectivity index (χ1v) is 13.9. The summed E-state index contributed by atoms with van der Waals surface area (Å²) in [7, 11) is 1.58. The summed E-state index contributed by atoms with van der Waals surface area (Å²) < 4.78 is 21.0. The van der Waals surface area contributed by atoms with Crippen molar-refractivity contribution < 1.29 is 13.9 Å². The van der Waals surface area contributed by atoms with Crippen LogP contribution in [0.2, 0.25) is 0 Å². The van der Waals surface area contributed by atoms with E-state index in [1.165, 1.54) is 4.68 Å². The van der Waals surface area contributed by atoms with Gasteiger partial charge in [0.2, 0.25) is 5.82 Å². The molecule has 0 radical (unpaired) electrons. The molecule has 0 atom stereocenters. The van der Waals surface area contributed by atoms with Gasteiger partial charge < -0.3 is 13.9 Å². The molecule has 0 N–H and O–H groups in total. The van der Waals surface area contributed by atoms with E-state index >= 15 is 0 Å². The maximum atomic E-state index is 13.6. The van der Waals surface area contributed by atoms with Gasteiger partial charge in [0, 0.05) is 25.5 Å². The fraction of sp³-hybridized carbons (Fsp3) is 0.0645. The van der Waals surface area contributed by atoms with Gasteiger partial charge in [0.1, 0.15) is 12.2 Å². The molecule has 0 amide bonds. The normalized spacial score (nSPS) is 11.5. The van der Waals surface area contributed by atoms with Gasteiger partial charge in [-0.25, -0.2) is 4.98 Å². The first kappa shape index (κ1) is 26.0. The molecule has 4 aromatic carbocycles. The third-order valence-corrected chi connectivity index (χ3v) is 7.56. The second kappa shape index (κ2) is 11.1. The lowest BCUT2D eigenvalue weighted by Crippen LogP contribution is -2.20. The molecule has 7 nitrogen and oxygen atoms in total. The Morgan fingerprint density at radius 2 is 1.80 bits per heavy atom. The highest BCUT2D eigenvalue weighted by atomic mass is 79.9. The van der Waals surface area contributed by atoms with Crippen LogP contribution in [0.3, 0.4) is 0 Å². The van der Waals surface area contributed by atoms with Crippen LogP contribution in [0.4, 0.5) is 0 Å². The number of aromatic nitrogens is 2. The second-order valence-electron chi connectivity index (χ2n) is 8.87. The number of benzene rings is 4. The van der Waals surface area contributed by atoms with E-state index in [2.05, 4.69) is 37.0 Å². The first-order valence-electron chi connectivity index (χ1n) is 12.3. The van der Waals surface area contributed by atoms with E-state index in [-0.39, 0.29) is 12.2 Å². The highest BCUT2D eigenvalue weighted by Crippen LogP contribution is 2.32. The van der Waals surface area contributed by atoms with Crippen molar-refractivity contribution >= 4 is 59.9 Å². The lowest BCUT2D eigenvalue weighted by Gasteiger charge is -2.14. The lowest BCUT2D eigenvalue weighted by molar-refractivity contribution is 0.283. The fourth-order valence-electron chi connectivity index (χ4n) is 4.34. The molecule has 0 bridgehead atoms. The number of fused-ring (bicyclic) bond motifs is 2. The van der Waals surface area contributed by atoms with Crippen LogP contribution in [0.15, 0.2) is 114 Å². The van der Waals surface area contributed by atoms with Crippen molar-refractivity contribution in [3.8, 4) is 23.1 Å². The highest BCUT2D eigenvalue weighted by molar-refractivity contribution is 9.11. The van der Waals surface area contributed by atoms with Crippen LogP contribution in [-0.2, 0) is 6.61 Å². The standard InChI is InChI=1S/C31H21Br2N3O4/c1-38-27-12-6-8-20(29(27)39-18-21-13-14-22(32)16-24(21)33)17-34-36-30(28-15-19-7-2-5-11-26(19)40-28)35-25-10-4-3-9-23(25)31(36)37/h2-17H,18H2,1H3. The summed E-state index contributed by atoms with van der Waals surface area (Å²) in [5.41, 5.74) is 2.52. The third kappa shape index (κ3) is 5.05.